The Hall–Kier alpha value is -0.960. The molecule has 0 aromatic carbocycles. The van der Waals surface area contributed by atoms with Gasteiger partial charge < -0.3 is 0 Å². The summed E-state index contributed by atoms with van der Waals surface area (Å²) in [7, 11) is 0. The summed E-state index contributed by atoms with van der Waals surface area (Å²) in [5.74, 6) is 5.83. The van der Waals surface area contributed by atoms with Crippen molar-refractivity contribution in [3.05, 3.63) is 24.3 Å². The first kappa shape index (κ1) is 8.04. The second-order valence-corrected chi connectivity index (χ2v) is 1.68. The molecule has 0 bridgehead atoms. The minimum atomic E-state index is 0.888. The highest BCUT2D eigenvalue weighted by atomic mass is 13.8. The van der Waals surface area contributed by atoms with Crippen molar-refractivity contribution in [2.75, 3.05) is 0 Å². The molecule has 0 radical (unpaired) electrons. The molecule has 0 unspecified atom stereocenters. The average molecular weight is 120 g/mol. The van der Waals surface area contributed by atoms with Crippen LogP contribution in [0.4, 0.5) is 0 Å². The Morgan fingerprint density at radius 3 is 2.78 bits per heavy atom. The van der Waals surface area contributed by atoms with E-state index in [0.717, 1.165) is 12.0 Å². The lowest BCUT2D eigenvalue weighted by Crippen LogP contribution is -1.64. The summed E-state index contributed by atoms with van der Waals surface area (Å²) < 4.78 is 0. The smallest absolute Gasteiger partial charge is 0.0170 e. The minimum absolute atomic E-state index is 0.888. The van der Waals surface area contributed by atoms with Crippen LogP contribution in [0.1, 0.15) is 20.3 Å². The second kappa shape index (κ2) is 5.18. The van der Waals surface area contributed by atoms with Gasteiger partial charge in [0.25, 0.3) is 0 Å². The third-order valence-electron chi connectivity index (χ3n) is 0.794. The molecule has 0 aliphatic heterocycles. The molecule has 48 valence electrons. The average Bonchev–Trinajstić information content (AvgIpc) is 1.85. The van der Waals surface area contributed by atoms with Gasteiger partial charge in [0.1, 0.15) is 0 Å². The molecule has 0 aliphatic rings. The maximum absolute atomic E-state index is 3.72. The van der Waals surface area contributed by atoms with Crippen molar-refractivity contribution < 1.29 is 0 Å². The fourth-order valence-corrected chi connectivity index (χ4v) is 0.445. The molecule has 0 atom stereocenters. The molecule has 0 saturated carbocycles. The summed E-state index contributed by atoms with van der Waals surface area (Å²) in [6, 6.07) is 0. The number of allylic oxidation sites excluding steroid dienone is 3. The van der Waals surface area contributed by atoms with E-state index in [0.29, 0.717) is 0 Å². The number of hydrogen-bond donors (Lipinski definition) is 0. The Balaban J connectivity index is 3.77. The van der Waals surface area contributed by atoms with Crippen LogP contribution >= 0.6 is 0 Å². The van der Waals surface area contributed by atoms with Crippen molar-refractivity contribution in [3.63, 3.8) is 0 Å². The van der Waals surface area contributed by atoms with E-state index >= 15 is 0 Å². The van der Waals surface area contributed by atoms with Crippen molar-refractivity contribution in [2.45, 2.75) is 20.3 Å². The van der Waals surface area contributed by atoms with Gasteiger partial charge in [-0.15, -0.1) is 0 Å². The summed E-state index contributed by atoms with van der Waals surface area (Å²) >= 11 is 0. The predicted molar refractivity (Wildman–Crippen MR) is 42.0 cm³/mol. The van der Waals surface area contributed by atoms with E-state index in [9.17, 15) is 0 Å². The van der Waals surface area contributed by atoms with Crippen molar-refractivity contribution in [1.82, 2.24) is 0 Å². The summed E-state index contributed by atoms with van der Waals surface area (Å²) in [6.07, 6.45) is 4.74. The molecule has 0 aromatic rings. The lowest BCUT2D eigenvalue weighted by Gasteiger charge is -1.79. The molecule has 0 amide bonds. The van der Waals surface area contributed by atoms with Gasteiger partial charge in [0.05, 0.1) is 0 Å². The topological polar surface area (TPSA) is 0 Å². The zero-order valence-electron chi connectivity index (χ0n) is 6.07. The van der Waals surface area contributed by atoms with Crippen LogP contribution < -0.4 is 0 Å². The molecule has 0 heterocycles. The lowest BCUT2D eigenvalue weighted by atomic mass is 10.3. The van der Waals surface area contributed by atoms with Gasteiger partial charge in [-0.25, -0.2) is 0 Å². The molecule has 0 aromatic heterocycles. The summed E-state index contributed by atoms with van der Waals surface area (Å²) in [4.78, 5) is 0. The van der Waals surface area contributed by atoms with E-state index in [4.69, 9.17) is 0 Å². The number of rotatable bonds is 1. The quantitative estimate of drug-likeness (QED) is 0.368. The Morgan fingerprint density at radius 1 is 1.67 bits per heavy atom. The molecular weight excluding hydrogens is 108 g/mol. The Labute approximate surface area is 57.3 Å². The van der Waals surface area contributed by atoms with Crippen molar-refractivity contribution in [3.8, 4) is 11.8 Å². The molecule has 0 N–H and O–H groups in total. The van der Waals surface area contributed by atoms with Crippen LogP contribution in [0.15, 0.2) is 24.3 Å². The Kier molecular flexibility index (Phi) is 4.63. The van der Waals surface area contributed by atoms with Crippen LogP contribution in [-0.2, 0) is 0 Å². The fraction of sp³-hybridized carbons (Fsp3) is 0.333. The first-order valence-electron chi connectivity index (χ1n) is 3.11. The maximum atomic E-state index is 3.72. The highest BCUT2D eigenvalue weighted by Crippen LogP contribution is 1.88. The Bertz CT molecular complexity index is 162. The van der Waals surface area contributed by atoms with Gasteiger partial charge in [-0.05, 0) is 6.92 Å². The van der Waals surface area contributed by atoms with Crippen molar-refractivity contribution in [1.29, 1.82) is 0 Å². The molecule has 0 heteroatoms. The molecule has 0 aliphatic carbocycles. The van der Waals surface area contributed by atoms with Gasteiger partial charge in [-0.1, -0.05) is 37.5 Å². The summed E-state index contributed by atoms with van der Waals surface area (Å²) in [6.45, 7) is 7.70. The van der Waals surface area contributed by atoms with Gasteiger partial charge >= 0.3 is 0 Å². The standard InChI is InChI=1S/C9H12/c1-4-6-8-9(3)7-5-2/h5,7H,3-4H2,1-2H3. The van der Waals surface area contributed by atoms with Crippen LogP contribution in [0, 0.1) is 11.8 Å². The molecule has 0 saturated heterocycles. The Morgan fingerprint density at radius 2 is 2.33 bits per heavy atom. The van der Waals surface area contributed by atoms with E-state index in [-0.39, 0.29) is 0 Å². The first-order valence-corrected chi connectivity index (χ1v) is 3.11. The van der Waals surface area contributed by atoms with E-state index in [1.165, 1.54) is 0 Å². The normalized spacial score (nSPS) is 8.67. The molecule has 9 heavy (non-hydrogen) atoms. The van der Waals surface area contributed by atoms with E-state index in [1.54, 1.807) is 0 Å². The third-order valence-corrected chi connectivity index (χ3v) is 0.794. The van der Waals surface area contributed by atoms with Gasteiger partial charge in [-0.3, -0.25) is 0 Å². The highest BCUT2D eigenvalue weighted by Gasteiger charge is 1.72. The predicted octanol–water partition coefficient (Wildman–Crippen LogP) is 2.53. The van der Waals surface area contributed by atoms with Gasteiger partial charge in [-0.2, -0.15) is 0 Å². The second-order valence-electron chi connectivity index (χ2n) is 1.68. The van der Waals surface area contributed by atoms with Crippen LogP contribution in [0.25, 0.3) is 0 Å². The van der Waals surface area contributed by atoms with Gasteiger partial charge in [0, 0.05) is 12.0 Å². The fourth-order valence-electron chi connectivity index (χ4n) is 0.445. The van der Waals surface area contributed by atoms with Gasteiger partial charge in [0.15, 0.2) is 0 Å². The van der Waals surface area contributed by atoms with E-state index in [1.807, 2.05) is 26.0 Å². The zero-order valence-corrected chi connectivity index (χ0v) is 6.07. The molecule has 0 spiro atoms. The maximum Gasteiger partial charge on any atom is 0.0170 e. The van der Waals surface area contributed by atoms with Crippen LogP contribution in [0.3, 0.4) is 0 Å². The van der Waals surface area contributed by atoms with Crippen molar-refractivity contribution >= 4 is 0 Å². The van der Waals surface area contributed by atoms with E-state index in [2.05, 4.69) is 18.4 Å². The third kappa shape index (κ3) is 4.90. The summed E-state index contributed by atoms with van der Waals surface area (Å²) in [5.41, 5.74) is 0.888. The van der Waals surface area contributed by atoms with Crippen LogP contribution in [0.5, 0.6) is 0 Å². The van der Waals surface area contributed by atoms with E-state index < -0.39 is 0 Å². The molecule has 0 rings (SSSR count). The van der Waals surface area contributed by atoms with Crippen molar-refractivity contribution in [2.24, 2.45) is 0 Å². The highest BCUT2D eigenvalue weighted by molar-refractivity contribution is 5.34. The first-order chi connectivity index (χ1) is 4.31. The molecular formula is C9H12. The largest absolute Gasteiger partial charge is 0.0982 e. The monoisotopic (exact) mass is 120 g/mol. The molecule has 0 fully saturated rings. The minimum Gasteiger partial charge on any atom is -0.0982 e. The lowest BCUT2D eigenvalue weighted by molar-refractivity contribution is 1.28. The van der Waals surface area contributed by atoms with Gasteiger partial charge in [0.2, 0.25) is 0 Å². The molecule has 0 nitrogen and oxygen atoms in total. The van der Waals surface area contributed by atoms with Crippen LogP contribution in [-0.4, -0.2) is 0 Å². The number of hydrogen-bond acceptors (Lipinski definition) is 0. The zero-order chi connectivity index (χ0) is 7.11. The SMILES string of the molecule is C=C(C#CCC)C=CC. The van der Waals surface area contributed by atoms with Crippen LogP contribution in [0.2, 0.25) is 0 Å². The summed E-state index contributed by atoms with van der Waals surface area (Å²) in [5, 5.41) is 0.